The number of anilines is 1. The Morgan fingerprint density at radius 2 is 2.24 bits per heavy atom. The highest BCUT2D eigenvalue weighted by Gasteiger charge is 2.34. The summed E-state index contributed by atoms with van der Waals surface area (Å²) in [5, 5.41) is 16.9. The van der Waals surface area contributed by atoms with Crippen LogP contribution < -0.4 is 15.4 Å². The second-order valence-corrected chi connectivity index (χ2v) is 5.31. The van der Waals surface area contributed by atoms with Crippen LogP contribution in [0.5, 0.6) is 5.75 Å². The van der Waals surface area contributed by atoms with Crippen LogP contribution >= 0.6 is 0 Å². The summed E-state index contributed by atoms with van der Waals surface area (Å²) in [5.74, 6) is -0.0123. The van der Waals surface area contributed by atoms with Gasteiger partial charge in [0.05, 0.1) is 17.6 Å². The van der Waals surface area contributed by atoms with Crippen LogP contribution in [-0.2, 0) is 4.79 Å². The van der Waals surface area contributed by atoms with Crippen molar-refractivity contribution >= 4 is 17.3 Å². The minimum Gasteiger partial charge on any atom is -0.490 e. The van der Waals surface area contributed by atoms with Crippen molar-refractivity contribution in [3.05, 3.63) is 28.3 Å². The second kappa shape index (κ2) is 6.09. The molecule has 2 N–H and O–H groups in total. The zero-order chi connectivity index (χ0) is 15.5. The fourth-order valence-corrected chi connectivity index (χ4v) is 2.43. The summed E-state index contributed by atoms with van der Waals surface area (Å²) in [5.41, 5.74) is -0.411. The molecule has 1 saturated heterocycles. The standard InChI is InChI=1S/C14H19N3O4/c1-14(7-3-4-8-15-14)13(18)16-10-5-6-12(21-2)11(9-10)17(19)20/h5-6,9,15H,3-4,7-8H2,1-2H3,(H,16,18). The number of nitrogens with zero attached hydrogens (tertiary/aromatic N) is 1. The molecule has 7 heteroatoms. The Kier molecular flexibility index (Phi) is 4.42. The molecule has 0 spiro atoms. The molecule has 1 unspecified atom stereocenters. The largest absolute Gasteiger partial charge is 0.490 e. The van der Waals surface area contributed by atoms with Crippen molar-refractivity contribution in [3.8, 4) is 5.75 Å². The minimum atomic E-state index is -0.632. The second-order valence-electron chi connectivity index (χ2n) is 5.31. The van der Waals surface area contributed by atoms with Gasteiger partial charge < -0.3 is 15.4 Å². The third-order valence-corrected chi connectivity index (χ3v) is 3.75. The summed E-state index contributed by atoms with van der Waals surface area (Å²) < 4.78 is 4.94. The third-order valence-electron chi connectivity index (χ3n) is 3.75. The molecule has 1 aliphatic rings. The number of benzene rings is 1. The van der Waals surface area contributed by atoms with E-state index in [2.05, 4.69) is 10.6 Å². The van der Waals surface area contributed by atoms with Crippen molar-refractivity contribution in [2.75, 3.05) is 19.0 Å². The average molecular weight is 293 g/mol. The highest BCUT2D eigenvalue weighted by Crippen LogP contribution is 2.30. The van der Waals surface area contributed by atoms with Gasteiger partial charge >= 0.3 is 5.69 Å². The number of hydrogen-bond acceptors (Lipinski definition) is 5. The van der Waals surface area contributed by atoms with Crippen molar-refractivity contribution in [2.24, 2.45) is 0 Å². The number of carbonyl (C=O) groups excluding carboxylic acids is 1. The quantitative estimate of drug-likeness (QED) is 0.654. The molecule has 2 rings (SSSR count). The van der Waals surface area contributed by atoms with Crippen LogP contribution in [0, 0.1) is 10.1 Å². The molecule has 0 aliphatic carbocycles. The number of nitro benzene ring substituents is 1. The number of nitro groups is 1. The Morgan fingerprint density at radius 3 is 2.81 bits per heavy atom. The smallest absolute Gasteiger partial charge is 0.312 e. The van der Waals surface area contributed by atoms with Gasteiger partial charge in [-0.3, -0.25) is 14.9 Å². The van der Waals surface area contributed by atoms with Gasteiger partial charge in [0, 0.05) is 11.8 Å². The maximum Gasteiger partial charge on any atom is 0.312 e. The van der Waals surface area contributed by atoms with E-state index < -0.39 is 10.5 Å². The molecule has 1 heterocycles. The Hall–Kier alpha value is -2.15. The Balaban J connectivity index is 2.17. The number of carbonyl (C=O) groups is 1. The summed E-state index contributed by atoms with van der Waals surface area (Å²) in [6.45, 7) is 2.64. The van der Waals surface area contributed by atoms with Crippen LogP contribution in [0.3, 0.4) is 0 Å². The number of hydrogen-bond donors (Lipinski definition) is 2. The first kappa shape index (κ1) is 15.2. The van der Waals surface area contributed by atoms with E-state index in [-0.39, 0.29) is 17.3 Å². The Bertz CT molecular complexity index is 553. The molecule has 0 aromatic heterocycles. The number of rotatable bonds is 4. The molecule has 1 atom stereocenters. The van der Waals surface area contributed by atoms with Gasteiger partial charge in [-0.15, -0.1) is 0 Å². The van der Waals surface area contributed by atoms with Gasteiger partial charge in [0.2, 0.25) is 5.91 Å². The van der Waals surface area contributed by atoms with Gasteiger partial charge in [0.15, 0.2) is 5.75 Å². The molecule has 1 amide bonds. The summed E-state index contributed by atoms with van der Waals surface area (Å²) >= 11 is 0. The molecule has 0 radical (unpaired) electrons. The number of amides is 1. The topological polar surface area (TPSA) is 93.5 Å². The van der Waals surface area contributed by atoms with E-state index in [4.69, 9.17) is 4.74 Å². The number of ether oxygens (including phenoxy) is 1. The van der Waals surface area contributed by atoms with Crippen LogP contribution in [0.4, 0.5) is 11.4 Å². The van der Waals surface area contributed by atoms with Gasteiger partial charge in [-0.1, -0.05) is 0 Å². The maximum absolute atomic E-state index is 12.4. The van der Waals surface area contributed by atoms with Crippen LogP contribution in [0.1, 0.15) is 26.2 Å². The Morgan fingerprint density at radius 1 is 1.48 bits per heavy atom. The Labute approximate surface area is 122 Å². The zero-order valence-corrected chi connectivity index (χ0v) is 12.1. The molecule has 7 nitrogen and oxygen atoms in total. The van der Waals surface area contributed by atoms with E-state index in [1.54, 1.807) is 6.07 Å². The van der Waals surface area contributed by atoms with Gasteiger partial charge in [-0.25, -0.2) is 0 Å². The summed E-state index contributed by atoms with van der Waals surface area (Å²) in [7, 11) is 1.37. The molecule has 1 fully saturated rings. The lowest BCUT2D eigenvalue weighted by atomic mass is 9.90. The SMILES string of the molecule is COc1ccc(NC(=O)C2(C)CCCCN2)cc1[N+](=O)[O-]. The van der Waals surface area contributed by atoms with Crippen molar-refractivity contribution in [1.82, 2.24) is 5.32 Å². The summed E-state index contributed by atoms with van der Waals surface area (Å²) in [6, 6.07) is 4.38. The van der Waals surface area contributed by atoms with E-state index in [9.17, 15) is 14.9 Å². The van der Waals surface area contributed by atoms with Crippen LogP contribution in [0.2, 0.25) is 0 Å². The summed E-state index contributed by atoms with van der Waals surface area (Å²) in [4.78, 5) is 22.8. The van der Waals surface area contributed by atoms with E-state index in [1.807, 2.05) is 6.92 Å². The highest BCUT2D eigenvalue weighted by atomic mass is 16.6. The predicted molar refractivity (Wildman–Crippen MR) is 78.5 cm³/mol. The predicted octanol–water partition coefficient (Wildman–Crippen LogP) is 2.07. The first-order valence-electron chi connectivity index (χ1n) is 6.85. The van der Waals surface area contributed by atoms with Crippen LogP contribution in [-0.4, -0.2) is 30.0 Å². The van der Waals surface area contributed by atoms with Crippen LogP contribution in [0.15, 0.2) is 18.2 Å². The summed E-state index contributed by atoms with van der Waals surface area (Å²) in [6.07, 6.45) is 2.79. The molecule has 0 saturated carbocycles. The molecule has 0 bridgehead atoms. The average Bonchev–Trinajstić information content (AvgIpc) is 2.47. The third kappa shape index (κ3) is 3.30. The van der Waals surface area contributed by atoms with Gasteiger partial charge in [0.1, 0.15) is 0 Å². The molecule has 114 valence electrons. The number of methoxy groups -OCH3 is 1. The minimum absolute atomic E-state index is 0.167. The van der Waals surface area contributed by atoms with Crippen LogP contribution in [0.25, 0.3) is 0 Å². The van der Waals surface area contributed by atoms with E-state index in [0.29, 0.717) is 5.69 Å². The van der Waals surface area contributed by atoms with Gasteiger partial charge in [-0.2, -0.15) is 0 Å². The van der Waals surface area contributed by atoms with E-state index in [1.165, 1.54) is 19.2 Å². The van der Waals surface area contributed by atoms with Gasteiger partial charge in [-0.05, 0) is 44.9 Å². The lowest BCUT2D eigenvalue weighted by molar-refractivity contribution is -0.385. The molecular formula is C14H19N3O4. The van der Waals surface area contributed by atoms with E-state index in [0.717, 1.165) is 25.8 Å². The number of piperidine rings is 1. The van der Waals surface area contributed by atoms with Crippen molar-refractivity contribution in [1.29, 1.82) is 0 Å². The maximum atomic E-state index is 12.4. The lowest BCUT2D eigenvalue weighted by Gasteiger charge is -2.33. The first-order valence-corrected chi connectivity index (χ1v) is 6.85. The highest BCUT2D eigenvalue weighted by molar-refractivity contribution is 5.98. The number of nitrogens with one attached hydrogen (secondary N) is 2. The monoisotopic (exact) mass is 293 g/mol. The molecule has 21 heavy (non-hydrogen) atoms. The molecule has 1 aromatic rings. The molecular weight excluding hydrogens is 274 g/mol. The first-order chi connectivity index (χ1) is 9.96. The molecule has 1 aliphatic heterocycles. The van der Waals surface area contributed by atoms with Crippen molar-refractivity contribution < 1.29 is 14.5 Å². The fourth-order valence-electron chi connectivity index (χ4n) is 2.43. The van der Waals surface area contributed by atoms with Crippen molar-refractivity contribution in [2.45, 2.75) is 31.7 Å². The van der Waals surface area contributed by atoms with Gasteiger partial charge in [0.25, 0.3) is 0 Å². The van der Waals surface area contributed by atoms with E-state index >= 15 is 0 Å². The molecule has 1 aromatic carbocycles. The van der Waals surface area contributed by atoms with Crippen molar-refractivity contribution in [3.63, 3.8) is 0 Å². The zero-order valence-electron chi connectivity index (χ0n) is 12.1. The lowest BCUT2D eigenvalue weighted by Crippen LogP contribution is -2.54. The normalized spacial score (nSPS) is 21.6. The fraction of sp³-hybridized carbons (Fsp3) is 0.500.